The van der Waals surface area contributed by atoms with Gasteiger partial charge in [0.25, 0.3) is 0 Å². The first-order valence-electron chi connectivity index (χ1n) is 9.66. The standard InChI is InChI=1S/C18H35N5O2.HI/c1-14(2)16(23-9-11-25-12-10-23)13-21-18(19-3)20-8-4-5-17(24)22-15-6-7-15;/h14-16H,4-13H2,1-3H3,(H,22,24)(H2,19,20,21);1H. The summed E-state index contributed by atoms with van der Waals surface area (Å²) in [5.41, 5.74) is 0. The van der Waals surface area contributed by atoms with Crippen LogP contribution in [0.15, 0.2) is 4.99 Å². The molecule has 0 bridgehead atoms. The summed E-state index contributed by atoms with van der Waals surface area (Å²) in [6, 6.07) is 0.912. The number of carbonyl (C=O) groups excluding carboxylic acids is 1. The van der Waals surface area contributed by atoms with Crippen molar-refractivity contribution >= 4 is 35.8 Å². The van der Waals surface area contributed by atoms with E-state index in [1.807, 2.05) is 0 Å². The van der Waals surface area contributed by atoms with E-state index in [2.05, 4.69) is 39.7 Å². The molecule has 0 aromatic heterocycles. The second-order valence-electron chi connectivity index (χ2n) is 7.28. The van der Waals surface area contributed by atoms with Gasteiger partial charge in [0.2, 0.25) is 5.91 Å². The van der Waals surface area contributed by atoms with Crippen LogP contribution in [0.5, 0.6) is 0 Å². The highest BCUT2D eigenvalue weighted by atomic mass is 127. The van der Waals surface area contributed by atoms with E-state index in [4.69, 9.17) is 4.74 Å². The molecule has 26 heavy (non-hydrogen) atoms. The van der Waals surface area contributed by atoms with Crippen LogP contribution in [0.3, 0.4) is 0 Å². The van der Waals surface area contributed by atoms with Gasteiger partial charge in [0.05, 0.1) is 13.2 Å². The Labute approximate surface area is 175 Å². The Morgan fingerprint density at radius 3 is 2.50 bits per heavy atom. The topological polar surface area (TPSA) is 78.0 Å². The number of halogens is 1. The number of amides is 1. The Hall–Kier alpha value is -0.610. The van der Waals surface area contributed by atoms with E-state index >= 15 is 0 Å². The summed E-state index contributed by atoms with van der Waals surface area (Å²) >= 11 is 0. The Balaban J connectivity index is 0.00000338. The predicted octanol–water partition coefficient (Wildman–Crippen LogP) is 1.19. The zero-order valence-corrected chi connectivity index (χ0v) is 18.8. The first-order valence-corrected chi connectivity index (χ1v) is 9.66. The van der Waals surface area contributed by atoms with Gasteiger partial charge in [-0.15, -0.1) is 24.0 Å². The number of morpholine rings is 1. The summed E-state index contributed by atoms with van der Waals surface area (Å²) in [4.78, 5) is 18.5. The number of ether oxygens (including phenoxy) is 1. The van der Waals surface area contributed by atoms with E-state index in [1.165, 1.54) is 0 Å². The molecule has 0 radical (unpaired) electrons. The van der Waals surface area contributed by atoms with E-state index in [-0.39, 0.29) is 29.9 Å². The van der Waals surface area contributed by atoms with Crippen molar-refractivity contribution in [1.29, 1.82) is 0 Å². The Morgan fingerprint density at radius 1 is 1.23 bits per heavy atom. The van der Waals surface area contributed by atoms with Crippen molar-refractivity contribution in [3.63, 3.8) is 0 Å². The molecule has 2 rings (SSSR count). The molecule has 1 aliphatic heterocycles. The molecule has 1 heterocycles. The normalized spacial score (nSPS) is 19.6. The van der Waals surface area contributed by atoms with E-state index < -0.39 is 0 Å². The average molecular weight is 481 g/mol. The second kappa shape index (κ2) is 12.7. The number of nitrogens with zero attached hydrogens (tertiary/aromatic N) is 2. The van der Waals surface area contributed by atoms with Gasteiger partial charge < -0.3 is 20.7 Å². The number of nitrogens with one attached hydrogen (secondary N) is 3. The number of rotatable bonds is 9. The summed E-state index contributed by atoms with van der Waals surface area (Å²) < 4.78 is 5.46. The summed E-state index contributed by atoms with van der Waals surface area (Å²) in [5, 5.41) is 9.76. The van der Waals surface area contributed by atoms with Crippen molar-refractivity contribution in [2.24, 2.45) is 10.9 Å². The predicted molar refractivity (Wildman–Crippen MR) is 116 cm³/mol. The van der Waals surface area contributed by atoms with Gasteiger partial charge in [-0.3, -0.25) is 14.7 Å². The van der Waals surface area contributed by atoms with Crippen molar-refractivity contribution in [1.82, 2.24) is 20.9 Å². The fraction of sp³-hybridized carbons (Fsp3) is 0.889. The number of guanidine groups is 1. The molecule has 8 heteroatoms. The lowest BCUT2D eigenvalue weighted by Gasteiger charge is -2.37. The lowest BCUT2D eigenvalue weighted by molar-refractivity contribution is -0.121. The zero-order valence-electron chi connectivity index (χ0n) is 16.4. The van der Waals surface area contributed by atoms with Crippen molar-refractivity contribution in [3.05, 3.63) is 0 Å². The van der Waals surface area contributed by atoms with Crippen LogP contribution in [0.1, 0.15) is 39.5 Å². The fourth-order valence-corrected chi connectivity index (χ4v) is 3.10. The van der Waals surface area contributed by atoms with Gasteiger partial charge in [-0.2, -0.15) is 0 Å². The number of aliphatic imine (C=N–C) groups is 1. The molecule has 2 aliphatic rings. The van der Waals surface area contributed by atoms with Crippen molar-refractivity contribution < 1.29 is 9.53 Å². The average Bonchev–Trinajstić information content (AvgIpc) is 3.41. The minimum absolute atomic E-state index is 0. The maximum absolute atomic E-state index is 11.7. The smallest absolute Gasteiger partial charge is 0.220 e. The monoisotopic (exact) mass is 481 g/mol. The molecule has 1 aliphatic carbocycles. The van der Waals surface area contributed by atoms with Crippen LogP contribution >= 0.6 is 24.0 Å². The first kappa shape index (κ1) is 23.4. The third-order valence-corrected chi connectivity index (χ3v) is 4.80. The molecule has 3 N–H and O–H groups in total. The third kappa shape index (κ3) is 8.85. The van der Waals surface area contributed by atoms with Gasteiger partial charge in [-0.25, -0.2) is 0 Å². The van der Waals surface area contributed by atoms with E-state index in [0.717, 1.165) is 64.6 Å². The van der Waals surface area contributed by atoms with E-state index in [0.29, 0.717) is 24.4 Å². The fourth-order valence-electron chi connectivity index (χ4n) is 3.10. The Morgan fingerprint density at radius 2 is 1.92 bits per heavy atom. The Kier molecular flexibility index (Phi) is 11.5. The van der Waals surface area contributed by atoms with Crippen LogP contribution in [0.2, 0.25) is 0 Å². The lowest BCUT2D eigenvalue weighted by Crippen LogP contribution is -2.52. The molecule has 0 aromatic rings. The second-order valence-corrected chi connectivity index (χ2v) is 7.28. The van der Waals surface area contributed by atoms with Gasteiger partial charge in [-0.1, -0.05) is 13.8 Å². The first-order chi connectivity index (χ1) is 12.1. The summed E-state index contributed by atoms with van der Waals surface area (Å²) in [7, 11) is 1.79. The van der Waals surface area contributed by atoms with Crippen LogP contribution in [-0.2, 0) is 9.53 Å². The minimum atomic E-state index is 0. The van der Waals surface area contributed by atoms with Crippen LogP contribution in [-0.4, -0.2) is 75.3 Å². The van der Waals surface area contributed by atoms with Crippen LogP contribution in [0, 0.1) is 5.92 Å². The minimum Gasteiger partial charge on any atom is -0.379 e. The van der Waals surface area contributed by atoms with Crippen LogP contribution < -0.4 is 16.0 Å². The highest BCUT2D eigenvalue weighted by Gasteiger charge is 2.24. The summed E-state index contributed by atoms with van der Waals surface area (Å²) in [6.07, 6.45) is 3.67. The molecular formula is C18H36IN5O2. The van der Waals surface area contributed by atoms with E-state index in [1.54, 1.807) is 7.05 Å². The molecule has 1 saturated carbocycles. The van der Waals surface area contributed by atoms with Gasteiger partial charge in [0.15, 0.2) is 5.96 Å². The van der Waals surface area contributed by atoms with Crippen LogP contribution in [0.4, 0.5) is 0 Å². The SMILES string of the molecule is CN=C(NCCCC(=O)NC1CC1)NCC(C(C)C)N1CCOCC1.I. The number of carbonyl (C=O) groups is 1. The van der Waals surface area contributed by atoms with E-state index in [9.17, 15) is 4.79 Å². The quantitative estimate of drug-likeness (QED) is 0.200. The molecular weight excluding hydrogens is 445 g/mol. The van der Waals surface area contributed by atoms with Crippen LogP contribution in [0.25, 0.3) is 0 Å². The zero-order chi connectivity index (χ0) is 18.1. The molecule has 1 saturated heterocycles. The van der Waals surface area contributed by atoms with Gasteiger partial charge >= 0.3 is 0 Å². The molecule has 1 atom stereocenters. The molecule has 2 fully saturated rings. The maximum Gasteiger partial charge on any atom is 0.220 e. The number of hydrogen-bond donors (Lipinski definition) is 3. The third-order valence-electron chi connectivity index (χ3n) is 4.80. The van der Waals surface area contributed by atoms with Crippen molar-refractivity contribution in [3.8, 4) is 0 Å². The molecule has 1 amide bonds. The molecule has 1 unspecified atom stereocenters. The highest BCUT2D eigenvalue weighted by molar-refractivity contribution is 14.0. The van der Waals surface area contributed by atoms with Crippen molar-refractivity contribution in [2.75, 3.05) is 46.4 Å². The van der Waals surface area contributed by atoms with Gasteiger partial charge in [0, 0.05) is 51.7 Å². The molecule has 7 nitrogen and oxygen atoms in total. The summed E-state index contributed by atoms with van der Waals surface area (Å²) in [5.74, 6) is 1.54. The molecule has 0 aromatic carbocycles. The molecule has 152 valence electrons. The van der Waals surface area contributed by atoms with Gasteiger partial charge in [-0.05, 0) is 25.2 Å². The number of hydrogen-bond acceptors (Lipinski definition) is 4. The van der Waals surface area contributed by atoms with Gasteiger partial charge in [0.1, 0.15) is 0 Å². The maximum atomic E-state index is 11.7. The molecule has 0 spiro atoms. The Bertz CT molecular complexity index is 437. The lowest BCUT2D eigenvalue weighted by atomic mass is 10.0. The largest absolute Gasteiger partial charge is 0.379 e. The summed E-state index contributed by atoms with van der Waals surface area (Å²) in [6.45, 7) is 9.76. The van der Waals surface area contributed by atoms with Crippen molar-refractivity contribution in [2.45, 2.75) is 51.6 Å². The highest BCUT2D eigenvalue weighted by Crippen LogP contribution is 2.18.